The van der Waals surface area contributed by atoms with Crippen LogP contribution in [-0.4, -0.2) is 26.7 Å². The second-order valence-electron chi connectivity index (χ2n) is 4.56. The molecular formula is C16H15N3O. The van der Waals surface area contributed by atoms with Crippen molar-refractivity contribution >= 4 is 0 Å². The Bertz CT molecular complexity index is 664. The normalized spacial score (nSPS) is 12.2. The SMILES string of the molecule is OCC(c1ccccc1)n1cc(-c2ccccc2)nn1. The van der Waals surface area contributed by atoms with Crippen molar-refractivity contribution in [2.24, 2.45) is 0 Å². The first-order valence-electron chi connectivity index (χ1n) is 6.51. The van der Waals surface area contributed by atoms with Crippen molar-refractivity contribution in [3.63, 3.8) is 0 Å². The van der Waals surface area contributed by atoms with Crippen LogP contribution in [-0.2, 0) is 0 Å². The Kier molecular flexibility index (Phi) is 3.56. The highest BCUT2D eigenvalue weighted by atomic mass is 16.3. The largest absolute Gasteiger partial charge is 0.394 e. The van der Waals surface area contributed by atoms with E-state index >= 15 is 0 Å². The van der Waals surface area contributed by atoms with Crippen LogP contribution in [0.3, 0.4) is 0 Å². The fourth-order valence-electron chi connectivity index (χ4n) is 2.19. The summed E-state index contributed by atoms with van der Waals surface area (Å²) in [7, 11) is 0. The monoisotopic (exact) mass is 265 g/mol. The van der Waals surface area contributed by atoms with Crippen LogP contribution in [0.4, 0.5) is 0 Å². The van der Waals surface area contributed by atoms with Crippen LogP contribution in [0.25, 0.3) is 11.3 Å². The maximum absolute atomic E-state index is 9.62. The standard InChI is InChI=1S/C16H15N3O/c20-12-16(14-9-5-2-6-10-14)19-11-15(17-18-19)13-7-3-1-4-8-13/h1-11,16,20H,12H2. The average molecular weight is 265 g/mol. The Balaban J connectivity index is 1.93. The van der Waals surface area contributed by atoms with E-state index in [-0.39, 0.29) is 12.6 Å². The first kappa shape index (κ1) is 12.6. The lowest BCUT2D eigenvalue weighted by Gasteiger charge is -2.13. The van der Waals surface area contributed by atoms with E-state index in [9.17, 15) is 5.11 Å². The molecule has 20 heavy (non-hydrogen) atoms. The quantitative estimate of drug-likeness (QED) is 0.788. The fraction of sp³-hybridized carbons (Fsp3) is 0.125. The number of rotatable bonds is 4. The third-order valence-corrected chi connectivity index (χ3v) is 3.26. The molecule has 1 aromatic heterocycles. The molecule has 0 amide bonds. The van der Waals surface area contributed by atoms with Crippen molar-refractivity contribution in [3.05, 3.63) is 72.4 Å². The van der Waals surface area contributed by atoms with Gasteiger partial charge in [-0.25, -0.2) is 4.68 Å². The maximum atomic E-state index is 9.62. The molecule has 1 unspecified atom stereocenters. The minimum Gasteiger partial charge on any atom is -0.394 e. The molecule has 0 aliphatic carbocycles. The van der Waals surface area contributed by atoms with Crippen molar-refractivity contribution in [3.8, 4) is 11.3 Å². The van der Waals surface area contributed by atoms with Crippen molar-refractivity contribution in [2.75, 3.05) is 6.61 Å². The highest BCUT2D eigenvalue weighted by Crippen LogP contribution is 2.20. The van der Waals surface area contributed by atoms with E-state index < -0.39 is 0 Å². The number of aliphatic hydroxyl groups is 1. The van der Waals surface area contributed by atoms with Crippen molar-refractivity contribution in [1.82, 2.24) is 15.0 Å². The maximum Gasteiger partial charge on any atom is 0.113 e. The van der Waals surface area contributed by atoms with Crippen molar-refractivity contribution < 1.29 is 5.11 Å². The van der Waals surface area contributed by atoms with Gasteiger partial charge in [0.1, 0.15) is 11.7 Å². The smallest absolute Gasteiger partial charge is 0.113 e. The molecule has 1 heterocycles. The summed E-state index contributed by atoms with van der Waals surface area (Å²) in [4.78, 5) is 0. The molecule has 0 fully saturated rings. The first-order valence-corrected chi connectivity index (χ1v) is 6.51. The number of aromatic nitrogens is 3. The lowest BCUT2D eigenvalue weighted by molar-refractivity contribution is 0.239. The molecule has 0 aliphatic rings. The molecule has 0 saturated carbocycles. The van der Waals surface area contributed by atoms with Gasteiger partial charge in [0.2, 0.25) is 0 Å². The van der Waals surface area contributed by atoms with E-state index in [1.807, 2.05) is 66.9 Å². The predicted octanol–water partition coefficient (Wildman–Crippen LogP) is 2.53. The molecule has 1 atom stereocenters. The molecule has 0 saturated heterocycles. The zero-order chi connectivity index (χ0) is 13.8. The zero-order valence-corrected chi connectivity index (χ0v) is 10.9. The van der Waals surface area contributed by atoms with Gasteiger partial charge in [-0.15, -0.1) is 5.10 Å². The van der Waals surface area contributed by atoms with E-state index in [2.05, 4.69) is 10.3 Å². The van der Waals surface area contributed by atoms with Gasteiger partial charge in [0.25, 0.3) is 0 Å². The van der Waals surface area contributed by atoms with E-state index in [0.29, 0.717) is 0 Å². The Hall–Kier alpha value is -2.46. The van der Waals surface area contributed by atoms with Gasteiger partial charge in [-0.3, -0.25) is 0 Å². The molecule has 0 radical (unpaired) electrons. The molecule has 4 heteroatoms. The number of aliphatic hydroxyl groups excluding tert-OH is 1. The number of nitrogens with zero attached hydrogens (tertiary/aromatic N) is 3. The number of hydrogen-bond acceptors (Lipinski definition) is 3. The van der Waals surface area contributed by atoms with E-state index in [4.69, 9.17) is 0 Å². The Labute approximate surface area is 117 Å². The van der Waals surface area contributed by atoms with Crippen molar-refractivity contribution in [1.29, 1.82) is 0 Å². The Morgan fingerprint density at radius 3 is 2.25 bits per heavy atom. The van der Waals surface area contributed by atoms with Gasteiger partial charge in [-0.1, -0.05) is 65.9 Å². The second kappa shape index (κ2) is 5.67. The minimum absolute atomic E-state index is 0.0123. The third kappa shape index (κ3) is 2.46. The van der Waals surface area contributed by atoms with Gasteiger partial charge in [-0.2, -0.15) is 0 Å². The summed E-state index contributed by atoms with van der Waals surface area (Å²) < 4.78 is 1.71. The lowest BCUT2D eigenvalue weighted by atomic mass is 10.1. The van der Waals surface area contributed by atoms with E-state index in [0.717, 1.165) is 16.8 Å². The fourth-order valence-corrected chi connectivity index (χ4v) is 2.19. The van der Waals surface area contributed by atoms with Crippen LogP contribution in [0.1, 0.15) is 11.6 Å². The molecule has 0 bridgehead atoms. The van der Waals surface area contributed by atoms with E-state index in [1.54, 1.807) is 4.68 Å². The van der Waals surface area contributed by atoms with Gasteiger partial charge >= 0.3 is 0 Å². The van der Waals surface area contributed by atoms with Crippen LogP contribution in [0.2, 0.25) is 0 Å². The number of benzene rings is 2. The Morgan fingerprint density at radius 1 is 0.950 bits per heavy atom. The highest BCUT2D eigenvalue weighted by molar-refractivity contribution is 5.57. The molecule has 0 aliphatic heterocycles. The molecule has 2 aromatic carbocycles. The molecule has 1 N–H and O–H groups in total. The molecule has 100 valence electrons. The van der Waals surface area contributed by atoms with Gasteiger partial charge in [0.15, 0.2) is 0 Å². The average Bonchev–Trinajstić information content (AvgIpc) is 3.00. The second-order valence-corrected chi connectivity index (χ2v) is 4.56. The van der Waals surface area contributed by atoms with Crippen LogP contribution < -0.4 is 0 Å². The van der Waals surface area contributed by atoms with Gasteiger partial charge in [0, 0.05) is 5.56 Å². The van der Waals surface area contributed by atoms with Crippen LogP contribution in [0.15, 0.2) is 66.9 Å². The molecule has 3 aromatic rings. The van der Waals surface area contributed by atoms with E-state index in [1.165, 1.54) is 0 Å². The summed E-state index contributed by atoms with van der Waals surface area (Å²) in [6.07, 6.45) is 1.86. The summed E-state index contributed by atoms with van der Waals surface area (Å²) in [6, 6.07) is 19.5. The van der Waals surface area contributed by atoms with Crippen LogP contribution in [0.5, 0.6) is 0 Å². The molecule has 0 spiro atoms. The minimum atomic E-state index is -0.207. The molecule has 4 nitrogen and oxygen atoms in total. The summed E-state index contributed by atoms with van der Waals surface area (Å²) >= 11 is 0. The van der Waals surface area contributed by atoms with Crippen LogP contribution in [0, 0.1) is 0 Å². The highest BCUT2D eigenvalue weighted by Gasteiger charge is 2.14. The summed E-state index contributed by atoms with van der Waals surface area (Å²) in [5, 5.41) is 18.0. The molecule has 3 rings (SSSR count). The van der Waals surface area contributed by atoms with Gasteiger partial charge < -0.3 is 5.11 Å². The third-order valence-electron chi connectivity index (χ3n) is 3.26. The zero-order valence-electron chi connectivity index (χ0n) is 10.9. The summed E-state index contributed by atoms with van der Waals surface area (Å²) in [6.45, 7) is -0.0123. The topological polar surface area (TPSA) is 50.9 Å². The van der Waals surface area contributed by atoms with Gasteiger partial charge in [0.05, 0.1) is 12.8 Å². The predicted molar refractivity (Wildman–Crippen MR) is 77.1 cm³/mol. The molecular weight excluding hydrogens is 250 g/mol. The summed E-state index contributed by atoms with van der Waals surface area (Å²) in [5.41, 5.74) is 2.84. The lowest BCUT2D eigenvalue weighted by Crippen LogP contribution is -2.15. The van der Waals surface area contributed by atoms with Crippen molar-refractivity contribution in [2.45, 2.75) is 6.04 Å². The summed E-state index contributed by atoms with van der Waals surface area (Å²) in [5.74, 6) is 0. The number of hydrogen-bond donors (Lipinski definition) is 1. The Morgan fingerprint density at radius 2 is 1.60 bits per heavy atom. The first-order chi connectivity index (χ1) is 9.88. The van der Waals surface area contributed by atoms with Crippen LogP contribution >= 0.6 is 0 Å². The van der Waals surface area contributed by atoms with Gasteiger partial charge in [-0.05, 0) is 5.56 Å².